The van der Waals surface area contributed by atoms with Crippen molar-refractivity contribution >= 4 is 19.8 Å². The third kappa shape index (κ3) is 25.2. The number of esters is 2. The second kappa shape index (κ2) is 39.4. The number of allylic oxidation sites excluding steroid dienone is 3. The Bertz CT molecular complexity index is 1660. The van der Waals surface area contributed by atoms with Gasteiger partial charge >= 0.3 is 19.8 Å². The summed E-state index contributed by atoms with van der Waals surface area (Å²) in [4.78, 5) is 37.3. The summed E-state index contributed by atoms with van der Waals surface area (Å²) in [5.41, 5.74) is 0. The third-order valence-corrected chi connectivity index (χ3v) is 15.4. The summed E-state index contributed by atoms with van der Waals surface area (Å²) in [6.07, 6.45) is -1.86. The normalized spacial score (nSPS) is 31.9. The highest BCUT2D eigenvalue weighted by molar-refractivity contribution is 7.47. The molecule has 16 unspecified atom stereocenters. The molecule has 0 aromatic carbocycles. The minimum Gasteiger partial charge on any atom is -0.458 e. The van der Waals surface area contributed by atoms with E-state index in [1.165, 1.54) is 96.0 Å². The highest BCUT2D eigenvalue weighted by atomic mass is 31.2. The average Bonchev–Trinajstić information content (AvgIpc) is 3.47. The number of hydrogen-bond donors (Lipinski definition) is 12. The van der Waals surface area contributed by atoms with Gasteiger partial charge in [0.15, 0.2) is 18.7 Å². The number of rotatable bonds is 41. The summed E-state index contributed by atoms with van der Waals surface area (Å²) in [5, 5.41) is 116. The van der Waals surface area contributed by atoms with E-state index in [1.54, 1.807) is 6.08 Å². The molecule has 0 bridgehead atoms. The number of hydrogen-bond acceptors (Lipinski definition) is 22. The molecule has 78 heavy (non-hydrogen) atoms. The first-order valence-electron chi connectivity index (χ1n) is 28.7. The zero-order chi connectivity index (χ0) is 57.5. The molecule has 24 heteroatoms. The lowest BCUT2D eigenvalue weighted by Crippen LogP contribution is -2.69. The van der Waals surface area contributed by atoms with Crippen LogP contribution in [0, 0.1) is 0 Å². The SMILES string of the molecule is CCCCCCCCCCCCC/C=C/C=C/C(=O)OCC(COP(=O)(O)OC1C(OC2OC(CO)C(O)C(O)C2O)C(O)C(O)C(O)C1OC1OC(CO)C(O)C(O)C1O)OC(=O)CCCCCCCCCCCCCC. The third-order valence-electron chi connectivity index (χ3n) is 14.4. The molecule has 2 saturated heterocycles. The van der Waals surface area contributed by atoms with Gasteiger partial charge in [0.05, 0.1) is 19.8 Å². The molecule has 456 valence electrons. The van der Waals surface area contributed by atoms with Gasteiger partial charge in [-0.2, -0.15) is 0 Å². The number of unbranched alkanes of at least 4 members (excludes halogenated alkanes) is 22. The minimum atomic E-state index is -5.65. The average molecular weight is 1150 g/mol. The Morgan fingerprint density at radius 2 is 0.923 bits per heavy atom. The van der Waals surface area contributed by atoms with Crippen LogP contribution in [0.2, 0.25) is 0 Å². The van der Waals surface area contributed by atoms with E-state index >= 15 is 0 Å². The van der Waals surface area contributed by atoms with E-state index in [0.29, 0.717) is 6.42 Å². The molecule has 0 radical (unpaired) electrons. The summed E-state index contributed by atoms with van der Waals surface area (Å²) < 4.78 is 57.8. The van der Waals surface area contributed by atoms with Crippen molar-refractivity contribution in [3.05, 3.63) is 24.3 Å². The Labute approximate surface area is 460 Å². The molecule has 1 saturated carbocycles. The summed E-state index contributed by atoms with van der Waals surface area (Å²) in [5.74, 6) is -1.58. The fourth-order valence-electron chi connectivity index (χ4n) is 9.56. The Morgan fingerprint density at radius 1 is 0.513 bits per heavy atom. The number of carbonyl (C=O) groups excluding carboxylic acids is 2. The molecule has 3 aliphatic rings. The molecule has 0 aromatic rings. The number of aliphatic hydroxyl groups excluding tert-OH is 11. The van der Waals surface area contributed by atoms with Crippen LogP contribution < -0.4 is 0 Å². The maximum absolute atomic E-state index is 14.0. The predicted molar refractivity (Wildman–Crippen MR) is 282 cm³/mol. The van der Waals surface area contributed by atoms with Crippen LogP contribution in [0.4, 0.5) is 0 Å². The Kier molecular flexibility index (Phi) is 35.5. The maximum atomic E-state index is 14.0. The van der Waals surface area contributed by atoms with E-state index < -0.39 is 150 Å². The van der Waals surface area contributed by atoms with E-state index in [2.05, 4.69) is 13.8 Å². The fraction of sp³-hybridized carbons (Fsp3) is 0.889. The highest BCUT2D eigenvalue weighted by Crippen LogP contribution is 2.49. The standard InChI is InChI=1S/C54H97O23P/c1-3-5-7-9-11-13-15-17-18-19-21-22-24-26-28-30-39(57)70-34-36(72-40(58)31-29-27-25-23-20-16-14-12-10-8-6-4-2)35-71-78(68,69)77-52-50(75-53-48(66)43(61)41(59)37(32-55)73-53)46(64)45(63)47(65)51(52)76-54-49(67)44(62)42(60)38(33-56)74-54/h24,26,28,30,36-38,41-56,59-67H,3-23,25,27,29,31-35H2,1-2H3,(H,68,69)/b26-24+,30-28+. The van der Waals surface area contributed by atoms with E-state index in [9.17, 15) is 75.2 Å². The van der Waals surface area contributed by atoms with E-state index in [4.69, 9.17) is 37.5 Å². The maximum Gasteiger partial charge on any atom is 0.472 e. The Balaban J connectivity index is 1.74. The molecular formula is C54H97O23P. The number of carbonyl (C=O) groups is 2. The number of phosphoric acid groups is 1. The zero-order valence-electron chi connectivity index (χ0n) is 45.9. The molecule has 12 N–H and O–H groups in total. The van der Waals surface area contributed by atoms with Crippen molar-refractivity contribution in [3.8, 4) is 0 Å². The van der Waals surface area contributed by atoms with Crippen LogP contribution in [0.1, 0.15) is 174 Å². The van der Waals surface area contributed by atoms with Crippen LogP contribution in [0.5, 0.6) is 0 Å². The quantitative estimate of drug-likeness (QED) is 0.0137. The molecule has 1 aliphatic carbocycles. The van der Waals surface area contributed by atoms with Crippen LogP contribution >= 0.6 is 7.82 Å². The summed E-state index contributed by atoms with van der Waals surface area (Å²) in [6, 6.07) is 0. The molecule has 0 spiro atoms. The van der Waals surface area contributed by atoms with Crippen molar-refractivity contribution in [2.75, 3.05) is 26.4 Å². The van der Waals surface area contributed by atoms with E-state index in [1.807, 2.05) is 6.08 Å². The van der Waals surface area contributed by atoms with Crippen LogP contribution in [0.3, 0.4) is 0 Å². The van der Waals surface area contributed by atoms with Crippen molar-refractivity contribution in [1.82, 2.24) is 0 Å². The van der Waals surface area contributed by atoms with Crippen molar-refractivity contribution < 1.29 is 113 Å². The smallest absolute Gasteiger partial charge is 0.458 e. The van der Waals surface area contributed by atoms with Gasteiger partial charge in [0.25, 0.3) is 0 Å². The Hall–Kier alpha value is -2.07. The van der Waals surface area contributed by atoms with Gasteiger partial charge in [-0.25, -0.2) is 9.36 Å². The monoisotopic (exact) mass is 1140 g/mol. The molecule has 23 nitrogen and oxygen atoms in total. The number of phosphoric ester groups is 1. The zero-order valence-corrected chi connectivity index (χ0v) is 46.8. The van der Waals surface area contributed by atoms with Gasteiger partial charge in [-0.15, -0.1) is 0 Å². The van der Waals surface area contributed by atoms with Gasteiger partial charge < -0.3 is 89.5 Å². The van der Waals surface area contributed by atoms with Gasteiger partial charge in [-0.3, -0.25) is 13.8 Å². The van der Waals surface area contributed by atoms with E-state index in [0.717, 1.165) is 63.9 Å². The second-order valence-electron chi connectivity index (χ2n) is 20.9. The van der Waals surface area contributed by atoms with Crippen molar-refractivity contribution in [2.24, 2.45) is 0 Å². The molecule has 0 aromatic heterocycles. The minimum absolute atomic E-state index is 0.0485. The Morgan fingerprint density at radius 3 is 1.36 bits per heavy atom. The highest BCUT2D eigenvalue weighted by Gasteiger charge is 2.58. The van der Waals surface area contributed by atoms with Crippen molar-refractivity contribution in [1.29, 1.82) is 0 Å². The molecule has 2 aliphatic heterocycles. The van der Waals surface area contributed by atoms with Crippen LogP contribution in [0.15, 0.2) is 24.3 Å². The van der Waals surface area contributed by atoms with Gasteiger partial charge in [-0.1, -0.05) is 167 Å². The first-order chi connectivity index (χ1) is 37.4. The van der Waals surface area contributed by atoms with E-state index in [-0.39, 0.29) is 6.42 Å². The van der Waals surface area contributed by atoms with Gasteiger partial charge in [0, 0.05) is 12.5 Å². The molecule has 0 amide bonds. The first-order valence-corrected chi connectivity index (χ1v) is 30.2. The van der Waals surface area contributed by atoms with Crippen molar-refractivity contribution in [2.45, 2.75) is 279 Å². The van der Waals surface area contributed by atoms with Crippen LogP contribution in [-0.4, -0.2) is 204 Å². The molecule has 2 heterocycles. The number of aliphatic hydroxyl groups is 11. The lowest BCUT2D eigenvalue weighted by molar-refractivity contribution is -0.360. The largest absolute Gasteiger partial charge is 0.472 e. The van der Waals surface area contributed by atoms with Crippen LogP contribution in [-0.2, 0) is 51.6 Å². The fourth-order valence-corrected chi connectivity index (χ4v) is 10.5. The van der Waals surface area contributed by atoms with Gasteiger partial charge in [0.2, 0.25) is 0 Å². The number of ether oxygens (including phenoxy) is 6. The topological polar surface area (TPSA) is 368 Å². The summed E-state index contributed by atoms with van der Waals surface area (Å²) in [6.45, 7) is 0.874. The van der Waals surface area contributed by atoms with Crippen LogP contribution in [0.25, 0.3) is 0 Å². The predicted octanol–water partition coefficient (Wildman–Crippen LogP) is 3.31. The van der Waals surface area contributed by atoms with Gasteiger partial charge in [-0.05, 0) is 19.3 Å². The molecular weight excluding hydrogens is 1050 g/mol. The van der Waals surface area contributed by atoms with Crippen molar-refractivity contribution in [3.63, 3.8) is 0 Å². The molecule has 3 fully saturated rings. The summed E-state index contributed by atoms with van der Waals surface area (Å²) in [7, 11) is -5.65. The lowest BCUT2D eigenvalue weighted by atomic mass is 9.84. The second-order valence-corrected chi connectivity index (χ2v) is 22.3. The van der Waals surface area contributed by atoms with Gasteiger partial charge in [0.1, 0.15) is 92.1 Å². The molecule has 16 atom stereocenters. The first kappa shape index (κ1) is 70.2. The lowest BCUT2D eigenvalue weighted by Gasteiger charge is -2.49. The molecule has 3 rings (SSSR count). The summed E-state index contributed by atoms with van der Waals surface area (Å²) >= 11 is 0.